The Labute approximate surface area is 183 Å². The molecule has 2 heterocycles. The molecule has 0 radical (unpaired) electrons. The summed E-state index contributed by atoms with van der Waals surface area (Å²) < 4.78 is 1.73. The summed E-state index contributed by atoms with van der Waals surface area (Å²) in [6.45, 7) is 4.13. The number of aliphatic hydroxyl groups is 1. The number of hydrogen-bond donors (Lipinski definition) is 2. The van der Waals surface area contributed by atoms with E-state index in [1.807, 2.05) is 56.3 Å². The van der Waals surface area contributed by atoms with Crippen LogP contribution in [0.1, 0.15) is 16.7 Å². The second-order valence-corrected chi connectivity index (χ2v) is 8.23. The Balaban J connectivity index is 1.60. The Hall–Kier alpha value is -3.84. The fourth-order valence-corrected chi connectivity index (χ4v) is 4.15. The monoisotopic (exact) mass is 426 g/mol. The van der Waals surface area contributed by atoms with Crippen molar-refractivity contribution in [2.24, 2.45) is 0 Å². The summed E-state index contributed by atoms with van der Waals surface area (Å²) in [4.78, 5) is 35.0. The van der Waals surface area contributed by atoms with Gasteiger partial charge in [-0.2, -0.15) is 4.98 Å². The molecule has 32 heavy (non-hydrogen) atoms. The van der Waals surface area contributed by atoms with Crippen LogP contribution in [-0.2, 0) is 13.0 Å². The topological polar surface area (TPSA) is 101 Å². The van der Waals surface area contributed by atoms with Crippen molar-refractivity contribution in [2.45, 2.75) is 32.9 Å². The Morgan fingerprint density at radius 1 is 0.969 bits per heavy atom. The maximum Gasteiger partial charge on any atom is 0.349 e. The normalized spacial score (nSPS) is 12.6. The molecule has 7 heteroatoms. The number of hydrogen-bond acceptors (Lipinski definition) is 5. The highest BCUT2D eigenvalue weighted by atomic mass is 16.3. The van der Waals surface area contributed by atoms with Crippen molar-refractivity contribution in [1.29, 1.82) is 0 Å². The van der Waals surface area contributed by atoms with E-state index in [4.69, 9.17) is 0 Å². The van der Waals surface area contributed by atoms with Crippen LogP contribution >= 0.6 is 0 Å². The van der Waals surface area contributed by atoms with Crippen molar-refractivity contribution in [2.75, 3.05) is 0 Å². The average Bonchev–Trinajstić information content (AvgIpc) is 2.75. The van der Waals surface area contributed by atoms with E-state index in [1.54, 1.807) is 4.57 Å². The first kappa shape index (κ1) is 20.1. The third-order valence-corrected chi connectivity index (χ3v) is 5.90. The van der Waals surface area contributed by atoms with Crippen LogP contribution in [-0.4, -0.2) is 30.7 Å². The van der Waals surface area contributed by atoms with E-state index < -0.39 is 17.4 Å². The molecule has 160 valence electrons. The van der Waals surface area contributed by atoms with Crippen molar-refractivity contribution >= 4 is 21.8 Å². The molecule has 5 rings (SSSR count). The van der Waals surface area contributed by atoms with E-state index in [0.29, 0.717) is 11.9 Å². The summed E-state index contributed by atoms with van der Waals surface area (Å²) in [5.74, 6) is 0.173. The Morgan fingerprint density at radius 2 is 1.72 bits per heavy atom. The highest BCUT2D eigenvalue weighted by Crippen LogP contribution is 2.25. The number of nitrogens with one attached hydrogen (secondary N) is 1. The van der Waals surface area contributed by atoms with Crippen LogP contribution in [0.4, 0.5) is 0 Å². The van der Waals surface area contributed by atoms with E-state index >= 15 is 0 Å². The first-order chi connectivity index (χ1) is 15.4. The summed E-state index contributed by atoms with van der Waals surface area (Å²) >= 11 is 0. The third-order valence-electron chi connectivity index (χ3n) is 5.90. The number of fused-ring (bicyclic) bond motifs is 3. The summed E-state index contributed by atoms with van der Waals surface area (Å²) in [6, 6.07) is 18.0. The largest absolute Gasteiger partial charge is 0.391 e. The molecular weight excluding hydrogens is 404 g/mol. The lowest BCUT2D eigenvalue weighted by atomic mass is 10.0. The molecule has 3 aromatic rings. The van der Waals surface area contributed by atoms with Gasteiger partial charge >= 0.3 is 5.69 Å². The van der Waals surface area contributed by atoms with Gasteiger partial charge in [0.15, 0.2) is 11.5 Å². The van der Waals surface area contributed by atoms with Gasteiger partial charge < -0.3 is 9.67 Å². The molecule has 0 saturated carbocycles. The number of H-pyrrole nitrogens is 1. The molecule has 2 aliphatic rings. The lowest BCUT2D eigenvalue weighted by Crippen LogP contribution is -2.30. The Morgan fingerprint density at radius 3 is 2.53 bits per heavy atom. The maximum absolute atomic E-state index is 12.4. The fraction of sp³-hybridized carbons (Fsp3) is 0.200. The zero-order chi connectivity index (χ0) is 22.4. The van der Waals surface area contributed by atoms with Crippen LogP contribution in [0, 0.1) is 13.8 Å². The van der Waals surface area contributed by atoms with Crippen LogP contribution in [0.5, 0.6) is 0 Å². The Kier molecular flexibility index (Phi) is 4.83. The van der Waals surface area contributed by atoms with Crippen LogP contribution in [0.2, 0.25) is 0 Å². The SMILES string of the molecule is Cc1cc2nc3c(=O)[nH]c(=O)nc-3n(CC(O)Cc3ccc4ccccc4c3)c2cc1C. The molecule has 7 nitrogen and oxygen atoms in total. The van der Waals surface area contributed by atoms with E-state index in [9.17, 15) is 14.7 Å². The van der Waals surface area contributed by atoms with E-state index in [0.717, 1.165) is 33.0 Å². The number of nitrogens with zero attached hydrogens (tertiary/aromatic N) is 3. The van der Waals surface area contributed by atoms with E-state index in [2.05, 4.69) is 27.1 Å². The summed E-state index contributed by atoms with van der Waals surface area (Å²) in [5, 5.41) is 13.2. The zero-order valence-electron chi connectivity index (χ0n) is 17.8. The molecule has 2 aliphatic heterocycles. The minimum absolute atomic E-state index is 0.0817. The van der Waals surface area contributed by atoms with Gasteiger partial charge in [-0.15, -0.1) is 0 Å². The predicted octanol–water partition coefficient (Wildman–Crippen LogP) is 2.96. The first-order valence-electron chi connectivity index (χ1n) is 10.5. The standard InChI is InChI=1S/C25H22N4O3/c1-14-9-20-21(10-15(14)2)29(23-22(26-20)24(31)28-25(32)27-23)13-19(30)12-16-7-8-17-5-3-4-6-18(17)11-16/h3-11,19,30H,12-13H2,1-2H3,(H,28,31,32). The van der Waals surface area contributed by atoms with Crippen molar-refractivity contribution in [3.63, 3.8) is 0 Å². The average molecular weight is 426 g/mol. The number of aromatic nitrogens is 4. The molecule has 2 N–H and O–H groups in total. The molecule has 0 bridgehead atoms. The third kappa shape index (κ3) is 3.56. The quantitative estimate of drug-likeness (QED) is 0.430. The molecule has 1 unspecified atom stereocenters. The molecule has 0 aromatic heterocycles. The van der Waals surface area contributed by atoms with Crippen LogP contribution < -0.4 is 11.2 Å². The molecule has 0 aliphatic carbocycles. The lowest BCUT2D eigenvalue weighted by molar-refractivity contribution is 0.156. The molecule has 3 aromatic carbocycles. The summed E-state index contributed by atoms with van der Waals surface area (Å²) in [6.07, 6.45) is -0.339. The zero-order valence-corrected chi connectivity index (χ0v) is 17.8. The van der Waals surface area contributed by atoms with Crippen LogP contribution in [0.15, 0.2) is 64.2 Å². The molecule has 0 fully saturated rings. The van der Waals surface area contributed by atoms with Crippen molar-refractivity contribution in [1.82, 2.24) is 19.5 Å². The van der Waals surface area contributed by atoms with E-state index in [-0.39, 0.29) is 18.1 Å². The van der Waals surface area contributed by atoms with E-state index in [1.165, 1.54) is 0 Å². The van der Waals surface area contributed by atoms with Crippen molar-refractivity contribution in [3.8, 4) is 11.5 Å². The molecule has 0 spiro atoms. The van der Waals surface area contributed by atoms with Crippen molar-refractivity contribution in [3.05, 3.63) is 92.1 Å². The molecular formula is C25H22N4O3. The molecule has 0 amide bonds. The first-order valence-corrected chi connectivity index (χ1v) is 10.5. The van der Waals surface area contributed by atoms with Gasteiger partial charge in [0.1, 0.15) is 0 Å². The number of aliphatic hydroxyl groups excluding tert-OH is 1. The Bertz CT molecular complexity index is 1570. The fourth-order valence-electron chi connectivity index (χ4n) is 4.15. The summed E-state index contributed by atoms with van der Waals surface area (Å²) in [5.41, 5.74) is 3.18. The van der Waals surface area contributed by atoms with Crippen LogP contribution in [0.3, 0.4) is 0 Å². The highest BCUT2D eigenvalue weighted by Gasteiger charge is 2.21. The predicted molar refractivity (Wildman–Crippen MR) is 124 cm³/mol. The van der Waals surface area contributed by atoms with Gasteiger partial charge in [-0.25, -0.2) is 9.78 Å². The highest BCUT2D eigenvalue weighted by molar-refractivity contribution is 5.83. The number of aromatic amines is 1. The van der Waals surface area contributed by atoms with Gasteiger partial charge in [0, 0.05) is 6.42 Å². The minimum atomic E-state index is -0.757. The molecule has 0 saturated heterocycles. The van der Waals surface area contributed by atoms with Gasteiger partial charge in [0.25, 0.3) is 5.56 Å². The second-order valence-electron chi connectivity index (χ2n) is 8.23. The van der Waals surface area contributed by atoms with Crippen molar-refractivity contribution < 1.29 is 5.11 Å². The van der Waals surface area contributed by atoms with Gasteiger partial charge in [0.05, 0.1) is 23.7 Å². The number of rotatable bonds is 4. The van der Waals surface area contributed by atoms with Gasteiger partial charge in [-0.1, -0.05) is 42.5 Å². The smallest absolute Gasteiger partial charge is 0.349 e. The minimum Gasteiger partial charge on any atom is -0.391 e. The number of aryl methyl sites for hydroxylation is 2. The lowest BCUT2D eigenvalue weighted by Gasteiger charge is -2.20. The summed E-state index contributed by atoms with van der Waals surface area (Å²) in [7, 11) is 0. The molecule has 1 atom stereocenters. The van der Waals surface area contributed by atoms with Crippen LogP contribution in [0.25, 0.3) is 33.3 Å². The maximum atomic E-state index is 12.4. The number of benzene rings is 3. The second kappa shape index (κ2) is 7.69. The van der Waals surface area contributed by atoms with Gasteiger partial charge in [0.2, 0.25) is 0 Å². The van der Waals surface area contributed by atoms with Gasteiger partial charge in [-0.05, 0) is 53.4 Å². The van der Waals surface area contributed by atoms with Gasteiger partial charge in [-0.3, -0.25) is 9.78 Å².